The van der Waals surface area contributed by atoms with Gasteiger partial charge in [-0.05, 0) is 35.1 Å². The average molecular weight is 311 g/mol. The van der Waals surface area contributed by atoms with Gasteiger partial charge >= 0.3 is 0 Å². The Bertz CT molecular complexity index is 695. The van der Waals surface area contributed by atoms with Crippen LogP contribution >= 0.6 is 0 Å². The number of nitrogens with one attached hydrogen (secondary N) is 1. The minimum Gasteiger partial charge on any atom is -0.454 e. The number of hydrogen-bond acceptors (Lipinski definition) is 4. The number of aromatic nitrogens is 2. The summed E-state index contributed by atoms with van der Waals surface area (Å²) >= 11 is 0. The maximum Gasteiger partial charge on any atom is 0.229 e. The molecule has 2 aromatic heterocycles. The number of carbonyl (C=O) groups excluding carboxylic acids is 1. The molecule has 0 aromatic carbocycles. The number of hydrogen-bond donors (Lipinski definition) is 1. The average Bonchev–Trinajstić information content (AvgIpc) is 2.92. The topological polar surface area (TPSA) is 64.1 Å². The second-order valence-electron chi connectivity index (χ2n) is 7.04. The van der Waals surface area contributed by atoms with Gasteiger partial charge in [-0.2, -0.15) is 0 Å². The highest BCUT2D eigenvalue weighted by atomic mass is 16.5. The number of amides is 1. The van der Waals surface area contributed by atoms with E-state index < -0.39 is 0 Å². The van der Waals surface area contributed by atoms with Crippen LogP contribution in [0.15, 0.2) is 42.9 Å². The van der Waals surface area contributed by atoms with Crippen molar-refractivity contribution in [1.29, 1.82) is 0 Å². The molecule has 1 fully saturated rings. The van der Waals surface area contributed by atoms with Crippen molar-refractivity contribution in [3.63, 3.8) is 0 Å². The predicted octanol–water partition coefficient (Wildman–Crippen LogP) is 3.89. The molecule has 2 aromatic rings. The van der Waals surface area contributed by atoms with Crippen LogP contribution in [0.4, 0.5) is 5.82 Å². The normalized spacial score (nSPS) is 18.3. The van der Waals surface area contributed by atoms with Crippen LogP contribution in [0, 0.1) is 16.7 Å². The third-order valence-electron chi connectivity index (χ3n) is 5.14. The predicted molar refractivity (Wildman–Crippen MR) is 88.2 cm³/mol. The van der Waals surface area contributed by atoms with Crippen LogP contribution in [0.1, 0.15) is 27.7 Å². The molecule has 3 rings (SSSR count). The van der Waals surface area contributed by atoms with Crippen molar-refractivity contribution in [2.75, 3.05) is 5.32 Å². The summed E-state index contributed by atoms with van der Waals surface area (Å²) in [6.45, 7) is 8.48. The van der Waals surface area contributed by atoms with Gasteiger partial charge in [0.05, 0.1) is 12.4 Å². The Morgan fingerprint density at radius 2 is 1.78 bits per heavy atom. The molecule has 1 amide bonds. The Labute approximate surface area is 136 Å². The molecule has 120 valence electrons. The van der Waals surface area contributed by atoms with Crippen molar-refractivity contribution in [2.45, 2.75) is 27.7 Å². The van der Waals surface area contributed by atoms with E-state index in [9.17, 15) is 4.79 Å². The third-order valence-corrected chi connectivity index (χ3v) is 5.14. The first-order valence-corrected chi connectivity index (χ1v) is 7.67. The van der Waals surface area contributed by atoms with Crippen molar-refractivity contribution in [3.05, 3.63) is 42.9 Å². The molecule has 0 aliphatic heterocycles. The minimum atomic E-state index is 0.00289. The van der Waals surface area contributed by atoms with Crippen LogP contribution in [0.2, 0.25) is 0 Å². The molecule has 0 unspecified atom stereocenters. The lowest BCUT2D eigenvalue weighted by atomic mass is 10.0. The lowest BCUT2D eigenvalue weighted by Gasteiger charge is -2.07. The molecule has 1 aliphatic rings. The van der Waals surface area contributed by atoms with E-state index in [2.05, 4.69) is 43.0 Å². The van der Waals surface area contributed by atoms with Gasteiger partial charge in [0.25, 0.3) is 0 Å². The van der Waals surface area contributed by atoms with E-state index in [1.807, 2.05) is 6.07 Å². The number of carbonyl (C=O) groups is 1. The SMILES string of the molecule is CC1(C)C(C(=O)Nc2ccc(Oc3cccnc3)cn2)C1(C)C. The molecule has 5 nitrogen and oxygen atoms in total. The Morgan fingerprint density at radius 3 is 2.30 bits per heavy atom. The molecule has 0 spiro atoms. The number of pyridine rings is 2. The highest BCUT2D eigenvalue weighted by molar-refractivity contribution is 5.95. The molecule has 0 radical (unpaired) electrons. The first-order valence-electron chi connectivity index (χ1n) is 7.67. The monoisotopic (exact) mass is 311 g/mol. The Morgan fingerprint density at radius 1 is 1.09 bits per heavy atom. The fourth-order valence-corrected chi connectivity index (χ4v) is 3.11. The number of nitrogens with zero attached hydrogens (tertiary/aromatic N) is 2. The molecule has 5 heteroatoms. The zero-order valence-electron chi connectivity index (χ0n) is 13.8. The molecule has 1 N–H and O–H groups in total. The first-order chi connectivity index (χ1) is 10.8. The lowest BCUT2D eigenvalue weighted by molar-refractivity contribution is -0.118. The fourth-order valence-electron chi connectivity index (χ4n) is 3.11. The summed E-state index contributed by atoms with van der Waals surface area (Å²) in [4.78, 5) is 20.6. The highest BCUT2D eigenvalue weighted by Crippen LogP contribution is 2.68. The molecular formula is C18H21N3O2. The van der Waals surface area contributed by atoms with Gasteiger partial charge in [-0.15, -0.1) is 0 Å². The molecule has 23 heavy (non-hydrogen) atoms. The van der Waals surface area contributed by atoms with Crippen molar-refractivity contribution in [1.82, 2.24) is 9.97 Å². The van der Waals surface area contributed by atoms with Crippen LogP contribution in [0.5, 0.6) is 11.5 Å². The fraction of sp³-hybridized carbons (Fsp3) is 0.389. The second kappa shape index (κ2) is 5.33. The molecular weight excluding hydrogens is 290 g/mol. The highest BCUT2D eigenvalue weighted by Gasteiger charge is 2.68. The van der Waals surface area contributed by atoms with Crippen LogP contribution in [-0.2, 0) is 4.79 Å². The van der Waals surface area contributed by atoms with E-state index in [0.29, 0.717) is 17.3 Å². The van der Waals surface area contributed by atoms with Crippen molar-refractivity contribution in [2.24, 2.45) is 16.7 Å². The summed E-state index contributed by atoms with van der Waals surface area (Å²) in [7, 11) is 0. The largest absolute Gasteiger partial charge is 0.454 e. The summed E-state index contributed by atoms with van der Waals surface area (Å²) < 4.78 is 5.63. The van der Waals surface area contributed by atoms with Gasteiger partial charge in [0.1, 0.15) is 17.3 Å². The third kappa shape index (κ3) is 2.79. The quantitative estimate of drug-likeness (QED) is 0.930. The number of rotatable bonds is 4. The van der Waals surface area contributed by atoms with Crippen molar-refractivity contribution in [3.8, 4) is 11.5 Å². The maximum atomic E-state index is 12.4. The summed E-state index contributed by atoms with van der Waals surface area (Å²) in [6.07, 6.45) is 4.91. The van der Waals surface area contributed by atoms with Gasteiger partial charge in [-0.3, -0.25) is 9.78 Å². The van der Waals surface area contributed by atoms with Gasteiger partial charge in [0.15, 0.2) is 0 Å². The van der Waals surface area contributed by atoms with Crippen LogP contribution in [-0.4, -0.2) is 15.9 Å². The van der Waals surface area contributed by atoms with Gasteiger partial charge in [0.2, 0.25) is 5.91 Å². The standard InChI is InChI=1S/C18H21N3O2/c1-17(2)15(18(17,3)4)16(22)21-14-8-7-13(11-20-14)23-12-6-5-9-19-10-12/h5-11,15H,1-4H3,(H,20,21,22). The first kappa shape index (κ1) is 15.5. The van der Waals surface area contributed by atoms with E-state index in [0.717, 1.165) is 0 Å². The van der Waals surface area contributed by atoms with Crippen LogP contribution < -0.4 is 10.1 Å². The van der Waals surface area contributed by atoms with E-state index in [-0.39, 0.29) is 22.7 Å². The molecule has 0 atom stereocenters. The number of anilines is 1. The molecule has 1 saturated carbocycles. The van der Waals surface area contributed by atoms with Crippen LogP contribution in [0.25, 0.3) is 0 Å². The molecule has 1 aliphatic carbocycles. The zero-order chi connectivity index (χ0) is 16.7. The van der Waals surface area contributed by atoms with Crippen molar-refractivity contribution < 1.29 is 9.53 Å². The summed E-state index contributed by atoms with van der Waals surface area (Å²) in [5.74, 6) is 1.80. The van der Waals surface area contributed by atoms with Gasteiger partial charge in [-0.1, -0.05) is 27.7 Å². The van der Waals surface area contributed by atoms with Crippen LogP contribution in [0.3, 0.4) is 0 Å². The van der Waals surface area contributed by atoms with E-state index in [1.165, 1.54) is 0 Å². The van der Waals surface area contributed by atoms with E-state index in [4.69, 9.17) is 4.74 Å². The zero-order valence-corrected chi connectivity index (χ0v) is 13.8. The minimum absolute atomic E-state index is 0.00289. The van der Waals surface area contributed by atoms with E-state index in [1.54, 1.807) is 36.8 Å². The maximum absolute atomic E-state index is 12.4. The number of ether oxygens (including phenoxy) is 1. The molecule has 0 saturated heterocycles. The Kier molecular flexibility index (Phi) is 3.59. The van der Waals surface area contributed by atoms with E-state index >= 15 is 0 Å². The Balaban J connectivity index is 1.63. The van der Waals surface area contributed by atoms with Gasteiger partial charge in [0, 0.05) is 12.1 Å². The van der Waals surface area contributed by atoms with Gasteiger partial charge in [-0.25, -0.2) is 4.98 Å². The molecule has 2 heterocycles. The van der Waals surface area contributed by atoms with Crippen molar-refractivity contribution >= 4 is 11.7 Å². The Hall–Kier alpha value is -2.43. The second-order valence-corrected chi connectivity index (χ2v) is 7.04. The van der Waals surface area contributed by atoms with Gasteiger partial charge < -0.3 is 10.1 Å². The summed E-state index contributed by atoms with van der Waals surface area (Å²) in [6, 6.07) is 7.14. The molecule has 0 bridgehead atoms. The smallest absolute Gasteiger partial charge is 0.229 e. The summed E-state index contributed by atoms with van der Waals surface area (Å²) in [5, 5.41) is 2.89. The lowest BCUT2D eigenvalue weighted by Crippen LogP contribution is -2.18. The summed E-state index contributed by atoms with van der Waals surface area (Å²) in [5.41, 5.74) is 0.0287.